The van der Waals surface area contributed by atoms with Crippen LogP contribution in [0.15, 0.2) is 59.8 Å². The lowest BCUT2D eigenvalue weighted by molar-refractivity contribution is -0.137. The lowest BCUT2D eigenvalue weighted by Crippen LogP contribution is -2.37. The van der Waals surface area contributed by atoms with Crippen molar-refractivity contribution < 1.29 is 27.1 Å². The number of aromatic nitrogens is 5. The first-order chi connectivity index (χ1) is 24.1. The number of carbonyl (C=O) groups is 1. The highest BCUT2D eigenvalue weighted by molar-refractivity contribution is 8.22. The highest BCUT2D eigenvalue weighted by Crippen LogP contribution is 2.57. The van der Waals surface area contributed by atoms with E-state index in [1.807, 2.05) is 58.4 Å². The number of carbonyl (C=O) groups excluding carboxylic acids is 1. The van der Waals surface area contributed by atoms with Gasteiger partial charge in [-0.3, -0.25) is 18.9 Å². The summed E-state index contributed by atoms with van der Waals surface area (Å²) in [7, 11) is -3.82. The Hall–Kier alpha value is -3.89. The zero-order valence-electron chi connectivity index (χ0n) is 29.3. The van der Waals surface area contributed by atoms with Gasteiger partial charge in [-0.05, 0) is 80.1 Å². The van der Waals surface area contributed by atoms with Crippen LogP contribution in [0, 0.1) is 25.2 Å². The summed E-state index contributed by atoms with van der Waals surface area (Å²) in [6.07, 6.45) is -0.316. The number of rotatable bonds is 9. The molecule has 10 nitrogen and oxygen atoms in total. The molecule has 4 heterocycles. The van der Waals surface area contributed by atoms with E-state index < -0.39 is 33.8 Å². The molecule has 0 spiro atoms. The van der Waals surface area contributed by atoms with E-state index >= 15 is 0 Å². The Morgan fingerprint density at radius 3 is 2.57 bits per heavy atom. The monoisotopic (exact) mass is 741 g/mol. The predicted molar refractivity (Wildman–Crippen MR) is 194 cm³/mol. The van der Waals surface area contributed by atoms with Crippen LogP contribution in [-0.2, 0) is 30.5 Å². The molecule has 2 aromatic carbocycles. The molecule has 2 unspecified atom stereocenters. The van der Waals surface area contributed by atoms with Crippen molar-refractivity contribution in [2.45, 2.75) is 84.5 Å². The van der Waals surface area contributed by atoms with Crippen molar-refractivity contribution in [2.75, 3.05) is 11.9 Å². The van der Waals surface area contributed by atoms with Crippen LogP contribution in [-0.4, -0.2) is 50.8 Å². The maximum absolute atomic E-state index is 14.1. The molecular weight excluding hydrogens is 700 g/mol. The van der Waals surface area contributed by atoms with Crippen molar-refractivity contribution in [2.24, 2.45) is 11.3 Å². The van der Waals surface area contributed by atoms with Gasteiger partial charge in [0.1, 0.15) is 10.5 Å². The molecule has 3 aromatic heterocycles. The number of aryl methyl sites for hydroxylation is 3. The maximum atomic E-state index is 14.1. The Morgan fingerprint density at radius 2 is 1.90 bits per heavy atom. The van der Waals surface area contributed by atoms with Gasteiger partial charge >= 0.3 is 6.18 Å². The lowest BCUT2D eigenvalue weighted by atomic mass is 9.73. The summed E-state index contributed by atoms with van der Waals surface area (Å²) in [6.45, 7) is 12.4. The summed E-state index contributed by atoms with van der Waals surface area (Å²) in [5.41, 5.74) is 2.91. The number of benzene rings is 2. The SMILES string of the molecule is CCC1Cc2ccc(C(F)(F)F)cc2S(O)(O)N(Cc2nc(C(c3ccc4c(nnn4CC)c3C)C(C)(C)C(=O)Nc3cccnc3)sc2C)C1. The summed E-state index contributed by atoms with van der Waals surface area (Å²) in [5, 5.41) is 12.4. The van der Waals surface area contributed by atoms with Crippen LogP contribution in [0.5, 0.6) is 0 Å². The van der Waals surface area contributed by atoms with Crippen molar-refractivity contribution >= 4 is 44.7 Å². The Labute approximate surface area is 300 Å². The van der Waals surface area contributed by atoms with Gasteiger partial charge in [0, 0.05) is 24.2 Å². The second-order valence-electron chi connectivity index (χ2n) is 13.6. The third-order valence-electron chi connectivity index (χ3n) is 9.90. The number of hydrogen-bond acceptors (Lipinski definition) is 9. The molecule has 0 fully saturated rings. The van der Waals surface area contributed by atoms with E-state index in [2.05, 4.69) is 20.6 Å². The molecule has 2 atom stereocenters. The number of nitrogens with one attached hydrogen (secondary N) is 1. The van der Waals surface area contributed by atoms with E-state index in [4.69, 9.17) is 4.98 Å². The van der Waals surface area contributed by atoms with E-state index in [0.717, 1.165) is 39.2 Å². The van der Waals surface area contributed by atoms with Crippen molar-refractivity contribution in [3.8, 4) is 0 Å². The fourth-order valence-corrected chi connectivity index (χ4v) is 9.82. The van der Waals surface area contributed by atoms with Gasteiger partial charge in [-0.1, -0.05) is 44.5 Å². The number of hydrogen-bond donors (Lipinski definition) is 3. The van der Waals surface area contributed by atoms with E-state index in [-0.39, 0.29) is 29.8 Å². The molecule has 0 bridgehead atoms. The molecule has 1 amide bonds. The first-order valence-corrected chi connectivity index (χ1v) is 19.1. The Bertz CT molecular complexity index is 2060. The molecule has 51 heavy (non-hydrogen) atoms. The molecule has 272 valence electrons. The number of pyridine rings is 1. The van der Waals surface area contributed by atoms with Gasteiger partial charge in [0.2, 0.25) is 5.91 Å². The topological polar surface area (TPSA) is 129 Å². The van der Waals surface area contributed by atoms with Crippen LogP contribution in [0.2, 0.25) is 0 Å². The van der Waals surface area contributed by atoms with Crippen molar-refractivity contribution in [3.63, 3.8) is 0 Å². The van der Waals surface area contributed by atoms with Crippen LogP contribution >= 0.6 is 22.1 Å². The molecule has 1 aliphatic heterocycles. The minimum atomic E-state index is -4.64. The molecule has 0 radical (unpaired) electrons. The van der Waals surface area contributed by atoms with Gasteiger partial charge in [-0.25, -0.2) is 9.67 Å². The van der Waals surface area contributed by atoms with Gasteiger partial charge in [0.25, 0.3) is 0 Å². The number of halogens is 3. The lowest BCUT2D eigenvalue weighted by Gasteiger charge is -2.43. The largest absolute Gasteiger partial charge is 0.416 e. The van der Waals surface area contributed by atoms with Crippen molar-refractivity contribution in [1.82, 2.24) is 29.3 Å². The van der Waals surface area contributed by atoms with Gasteiger partial charge < -0.3 is 5.32 Å². The molecular formula is C36H42F3N7O3S2. The average Bonchev–Trinajstić information content (AvgIpc) is 3.65. The Kier molecular flexibility index (Phi) is 10.1. The fourth-order valence-electron chi connectivity index (χ4n) is 6.80. The average molecular weight is 742 g/mol. The van der Waals surface area contributed by atoms with E-state index in [1.165, 1.54) is 21.7 Å². The summed E-state index contributed by atoms with van der Waals surface area (Å²) >= 11 is 1.41. The second kappa shape index (κ2) is 13.9. The van der Waals surface area contributed by atoms with Gasteiger partial charge in [0.05, 0.1) is 51.4 Å². The van der Waals surface area contributed by atoms with E-state index in [0.29, 0.717) is 41.3 Å². The van der Waals surface area contributed by atoms with Crippen LogP contribution in [0.25, 0.3) is 11.0 Å². The third-order valence-corrected chi connectivity index (χ3v) is 12.9. The molecule has 6 rings (SSSR count). The van der Waals surface area contributed by atoms with Crippen LogP contribution in [0.3, 0.4) is 0 Å². The molecule has 0 saturated carbocycles. The van der Waals surface area contributed by atoms with Crippen LogP contribution in [0.1, 0.15) is 77.9 Å². The highest BCUT2D eigenvalue weighted by atomic mass is 32.3. The number of amides is 1. The fraction of sp³-hybridized carbons (Fsp3) is 0.417. The van der Waals surface area contributed by atoms with Gasteiger partial charge in [-0.15, -0.1) is 27.2 Å². The maximum Gasteiger partial charge on any atom is 0.416 e. The van der Waals surface area contributed by atoms with Crippen LogP contribution < -0.4 is 5.32 Å². The van der Waals surface area contributed by atoms with Crippen molar-refractivity contribution in [1.29, 1.82) is 0 Å². The normalized spacial score (nSPS) is 17.9. The van der Waals surface area contributed by atoms with Gasteiger partial charge in [-0.2, -0.15) is 17.5 Å². The number of alkyl halides is 3. The molecule has 5 aromatic rings. The molecule has 3 N–H and O–H groups in total. The van der Waals surface area contributed by atoms with E-state index in [9.17, 15) is 27.1 Å². The Balaban J connectivity index is 1.43. The molecule has 15 heteroatoms. The standard InChI is InChI=1S/C36H42F3N7O3S2/c1-7-23-16-24-11-12-25(36(37,38)39)17-30(24)51(48,49)45(19-23)20-28-22(4)50-33(42-28)31(35(5,6)34(47)41-26-10-9-15-40-18-26)27-13-14-29-32(21(27)3)43-44-46(29)8-2/h9-15,17-18,23,31,48-49H,7-8,16,19-20H2,1-6H3,(H,41,47). The number of thiazole rings is 1. The summed E-state index contributed by atoms with van der Waals surface area (Å²) in [4.78, 5) is 24.0. The summed E-state index contributed by atoms with van der Waals surface area (Å²) in [5.74, 6) is -0.844. The summed E-state index contributed by atoms with van der Waals surface area (Å²) < 4.78 is 68.0. The third kappa shape index (κ3) is 7.01. The van der Waals surface area contributed by atoms with Gasteiger partial charge in [0.15, 0.2) is 0 Å². The number of nitrogens with zero attached hydrogens (tertiary/aromatic N) is 6. The minimum Gasteiger partial charge on any atom is -0.324 e. The quantitative estimate of drug-likeness (QED) is 0.137. The zero-order chi connectivity index (χ0) is 36.9. The summed E-state index contributed by atoms with van der Waals surface area (Å²) in [6, 6.07) is 10.7. The molecule has 1 aliphatic rings. The second-order valence-corrected chi connectivity index (χ2v) is 16.8. The number of fused-ring (bicyclic) bond motifs is 2. The Morgan fingerprint density at radius 1 is 1.14 bits per heavy atom. The first-order valence-electron chi connectivity index (χ1n) is 16.8. The highest BCUT2D eigenvalue weighted by Gasteiger charge is 2.43. The van der Waals surface area contributed by atoms with E-state index in [1.54, 1.807) is 24.5 Å². The van der Waals surface area contributed by atoms with Crippen molar-refractivity contribution in [3.05, 3.63) is 92.7 Å². The number of anilines is 1. The van der Waals surface area contributed by atoms with Crippen LogP contribution in [0.4, 0.5) is 18.9 Å². The zero-order valence-corrected chi connectivity index (χ0v) is 31.0. The molecule has 0 aliphatic carbocycles. The smallest absolute Gasteiger partial charge is 0.324 e. The predicted octanol–water partition coefficient (Wildman–Crippen LogP) is 8.84. The minimum absolute atomic E-state index is 0.00523. The first kappa shape index (κ1) is 36.9. The molecule has 0 saturated heterocycles.